The van der Waals surface area contributed by atoms with Gasteiger partial charge >= 0.3 is 0 Å². The van der Waals surface area contributed by atoms with Gasteiger partial charge in [-0.2, -0.15) is 5.10 Å². The van der Waals surface area contributed by atoms with Gasteiger partial charge in [-0.3, -0.25) is 9.67 Å². The summed E-state index contributed by atoms with van der Waals surface area (Å²) >= 11 is 0. The van der Waals surface area contributed by atoms with Crippen molar-refractivity contribution in [2.24, 2.45) is 12.0 Å². The number of aryl methyl sites for hydroxylation is 2. The van der Waals surface area contributed by atoms with E-state index >= 15 is 0 Å². The zero-order valence-corrected chi connectivity index (χ0v) is 16.2. The number of hydrogen-bond donors (Lipinski definition) is 2. The van der Waals surface area contributed by atoms with Crippen LogP contribution in [-0.4, -0.2) is 28.9 Å². The summed E-state index contributed by atoms with van der Waals surface area (Å²) in [5.74, 6) is 1.74. The average molecular weight is 355 g/mol. The Bertz CT molecular complexity index is 777. The third-order valence-electron chi connectivity index (χ3n) is 5.08. The van der Waals surface area contributed by atoms with Crippen molar-refractivity contribution in [1.29, 1.82) is 0 Å². The highest BCUT2D eigenvalue weighted by molar-refractivity contribution is 5.79. The Morgan fingerprint density at radius 2 is 1.96 bits per heavy atom. The summed E-state index contributed by atoms with van der Waals surface area (Å²) in [6.45, 7) is 5.49. The molecular weight excluding hydrogens is 326 g/mol. The number of nitrogens with zero attached hydrogens (tertiary/aromatic N) is 3. The van der Waals surface area contributed by atoms with Crippen LogP contribution in [0.25, 0.3) is 0 Å². The SMILES string of the molecule is CN=C(NCc1ccccc1OC1CCC1)NCc1c(C)nn(C)c1C. The molecule has 6 nitrogen and oxygen atoms in total. The molecule has 1 aliphatic rings. The Balaban J connectivity index is 1.57. The van der Waals surface area contributed by atoms with E-state index in [2.05, 4.69) is 33.7 Å². The molecule has 0 unspecified atom stereocenters. The number of aliphatic imine (C=N–C) groups is 1. The smallest absolute Gasteiger partial charge is 0.191 e. The van der Waals surface area contributed by atoms with Crippen molar-refractivity contribution in [1.82, 2.24) is 20.4 Å². The zero-order valence-electron chi connectivity index (χ0n) is 16.2. The number of rotatable bonds is 6. The summed E-state index contributed by atoms with van der Waals surface area (Å²) in [6.07, 6.45) is 3.98. The molecule has 1 aromatic carbocycles. The summed E-state index contributed by atoms with van der Waals surface area (Å²) in [5, 5.41) is 11.2. The van der Waals surface area contributed by atoms with E-state index in [1.807, 2.05) is 36.9 Å². The van der Waals surface area contributed by atoms with E-state index in [-0.39, 0.29) is 0 Å². The molecule has 3 rings (SSSR count). The van der Waals surface area contributed by atoms with Crippen LogP contribution in [0.2, 0.25) is 0 Å². The number of ether oxygens (including phenoxy) is 1. The first kappa shape index (κ1) is 18.3. The molecule has 6 heteroatoms. The van der Waals surface area contributed by atoms with Gasteiger partial charge in [0.25, 0.3) is 0 Å². The van der Waals surface area contributed by atoms with E-state index in [1.54, 1.807) is 7.05 Å². The van der Waals surface area contributed by atoms with Crippen molar-refractivity contribution < 1.29 is 4.74 Å². The van der Waals surface area contributed by atoms with Crippen LogP contribution in [0.1, 0.15) is 41.8 Å². The van der Waals surface area contributed by atoms with Crippen molar-refractivity contribution in [3.63, 3.8) is 0 Å². The highest BCUT2D eigenvalue weighted by atomic mass is 16.5. The minimum Gasteiger partial charge on any atom is -0.490 e. The van der Waals surface area contributed by atoms with Crippen LogP contribution in [0, 0.1) is 13.8 Å². The molecule has 0 bridgehead atoms. The molecule has 0 saturated heterocycles. The average Bonchev–Trinajstić information content (AvgIpc) is 2.84. The van der Waals surface area contributed by atoms with Crippen LogP contribution in [0.15, 0.2) is 29.3 Å². The lowest BCUT2D eigenvalue weighted by atomic mass is 9.96. The molecule has 0 aliphatic heterocycles. The number of para-hydroxylation sites is 1. The van der Waals surface area contributed by atoms with Crippen molar-refractivity contribution in [2.75, 3.05) is 7.05 Å². The molecule has 1 fully saturated rings. The first-order chi connectivity index (χ1) is 12.6. The Morgan fingerprint density at radius 1 is 1.23 bits per heavy atom. The molecule has 140 valence electrons. The summed E-state index contributed by atoms with van der Waals surface area (Å²) in [4.78, 5) is 4.33. The third-order valence-corrected chi connectivity index (χ3v) is 5.08. The maximum Gasteiger partial charge on any atom is 0.191 e. The van der Waals surface area contributed by atoms with Crippen LogP contribution in [0.4, 0.5) is 0 Å². The van der Waals surface area contributed by atoms with Gasteiger partial charge < -0.3 is 15.4 Å². The molecule has 1 heterocycles. The topological polar surface area (TPSA) is 63.5 Å². The number of guanidine groups is 1. The number of nitrogens with one attached hydrogen (secondary N) is 2. The van der Waals surface area contributed by atoms with E-state index in [0.717, 1.165) is 35.8 Å². The van der Waals surface area contributed by atoms with E-state index in [0.29, 0.717) is 19.2 Å². The van der Waals surface area contributed by atoms with Gasteiger partial charge in [0, 0.05) is 44.0 Å². The predicted octanol–water partition coefficient (Wildman–Crippen LogP) is 2.83. The second-order valence-corrected chi connectivity index (χ2v) is 6.83. The summed E-state index contributed by atoms with van der Waals surface area (Å²) in [7, 11) is 3.76. The lowest BCUT2D eigenvalue weighted by molar-refractivity contribution is 0.119. The van der Waals surface area contributed by atoms with Crippen LogP contribution < -0.4 is 15.4 Å². The number of hydrogen-bond acceptors (Lipinski definition) is 3. The Labute approximate surface area is 155 Å². The normalized spacial score (nSPS) is 14.8. The van der Waals surface area contributed by atoms with Crippen LogP contribution in [-0.2, 0) is 20.1 Å². The van der Waals surface area contributed by atoms with Crippen molar-refractivity contribution in [3.8, 4) is 5.75 Å². The van der Waals surface area contributed by atoms with Crippen LogP contribution in [0.3, 0.4) is 0 Å². The molecule has 26 heavy (non-hydrogen) atoms. The zero-order chi connectivity index (χ0) is 18.5. The first-order valence-electron chi connectivity index (χ1n) is 9.26. The lowest BCUT2D eigenvalue weighted by Crippen LogP contribution is -2.36. The van der Waals surface area contributed by atoms with E-state index in [4.69, 9.17) is 4.74 Å². The standard InChI is InChI=1S/C20H29N5O/c1-14-18(15(2)25(4)24-14)13-23-20(21-3)22-12-16-8-5-6-11-19(16)26-17-9-7-10-17/h5-6,8,11,17H,7,9-10,12-13H2,1-4H3,(H2,21,22,23). The quantitative estimate of drug-likeness (QED) is 0.618. The van der Waals surface area contributed by atoms with Crippen molar-refractivity contribution in [3.05, 3.63) is 46.8 Å². The van der Waals surface area contributed by atoms with Gasteiger partial charge in [-0.15, -0.1) is 0 Å². The van der Waals surface area contributed by atoms with E-state index in [1.165, 1.54) is 17.7 Å². The maximum absolute atomic E-state index is 6.10. The fourth-order valence-corrected chi connectivity index (χ4v) is 3.08. The molecule has 1 saturated carbocycles. The van der Waals surface area contributed by atoms with Gasteiger partial charge in [0.2, 0.25) is 0 Å². The van der Waals surface area contributed by atoms with Gasteiger partial charge in [-0.05, 0) is 39.2 Å². The van der Waals surface area contributed by atoms with Crippen molar-refractivity contribution in [2.45, 2.75) is 52.3 Å². The van der Waals surface area contributed by atoms with Gasteiger partial charge in [0.1, 0.15) is 5.75 Å². The summed E-state index contributed by atoms with van der Waals surface area (Å²) < 4.78 is 8.01. The number of aromatic nitrogens is 2. The fraction of sp³-hybridized carbons (Fsp3) is 0.500. The second-order valence-electron chi connectivity index (χ2n) is 6.83. The first-order valence-corrected chi connectivity index (χ1v) is 9.26. The monoisotopic (exact) mass is 355 g/mol. The molecule has 0 spiro atoms. The summed E-state index contributed by atoms with van der Waals surface area (Å²) in [5.41, 5.74) is 4.58. The summed E-state index contributed by atoms with van der Waals surface area (Å²) in [6, 6.07) is 8.22. The van der Waals surface area contributed by atoms with Gasteiger partial charge in [-0.25, -0.2) is 0 Å². The van der Waals surface area contributed by atoms with Crippen LogP contribution >= 0.6 is 0 Å². The second kappa shape index (κ2) is 8.25. The van der Waals surface area contributed by atoms with E-state index < -0.39 is 0 Å². The highest BCUT2D eigenvalue weighted by Crippen LogP contribution is 2.27. The maximum atomic E-state index is 6.10. The van der Waals surface area contributed by atoms with E-state index in [9.17, 15) is 0 Å². The molecule has 1 aliphatic carbocycles. The van der Waals surface area contributed by atoms with Gasteiger partial charge in [-0.1, -0.05) is 18.2 Å². The van der Waals surface area contributed by atoms with Crippen LogP contribution in [0.5, 0.6) is 5.75 Å². The lowest BCUT2D eigenvalue weighted by Gasteiger charge is -2.27. The minimum absolute atomic E-state index is 0.380. The minimum atomic E-state index is 0.380. The molecule has 1 aromatic heterocycles. The molecule has 0 atom stereocenters. The van der Waals surface area contributed by atoms with Crippen molar-refractivity contribution >= 4 is 5.96 Å². The number of benzene rings is 1. The largest absolute Gasteiger partial charge is 0.490 e. The Hall–Kier alpha value is -2.50. The fourth-order valence-electron chi connectivity index (χ4n) is 3.08. The van der Waals surface area contributed by atoms with Gasteiger partial charge in [0.05, 0.1) is 11.8 Å². The highest BCUT2D eigenvalue weighted by Gasteiger charge is 2.20. The third kappa shape index (κ3) is 4.18. The molecule has 0 radical (unpaired) electrons. The molecule has 2 aromatic rings. The van der Waals surface area contributed by atoms with Gasteiger partial charge in [0.15, 0.2) is 5.96 Å². The molecule has 0 amide bonds. The predicted molar refractivity (Wildman–Crippen MR) is 104 cm³/mol. The molecular formula is C20H29N5O. The Morgan fingerprint density at radius 3 is 2.58 bits per heavy atom. The Kier molecular flexibility index (Phi) is 5.81. The molecule has 2 N–H and O–H groups in total.